The normalized spacial score (nSPS) is 11.2. The van der Waals surface area contributed by atoms with Gasteiger partial charge in [-0.05, 0) is 38.1 Å². The van der Waals surface area contributed by atoms with Gasteiger partial charge in [-0.25, -0.2) is 4.98 Å². The van der Waals surface area contributed by atoms with Crippen LogP contribution in [0.1, 0.15) is 19.4 Å². The van der Waals surface area contributed by atoms with Gasteiger partial charge in [0, 0.05) is 18.4 Å². The Morgan fingerprint density at radius 1 is 1.12 bits per heavy atom. The van der Waals surface area contributed by atoms with E-state index in [9.17, 15) is 13.2 Å². The van der Waals surface area contributed by atoms with Gasteiger partial charge in [-0.3, -0.25) is 0 Å². The molecule has 0 radical (unpaired) electrons. The molecule has 24 heavy (non-hydrogen) atoms. The van der Waals surface area contributed by atoms with Gasteiger partial charge in [0.05, 0.1) is 13.7 Å². The monoisotopic (exact) mass is 341 g/mol. The van der Waals surface area contributed by atoms with E-state index in [1.54, 1.807) is 43.2 Å². The Morgan fingerprint density at radius 2 is 1.79 bits per heavy atom. The van der Waals surface area contributed by atoms with Crippen LogP contribution in [-0.4, -0.2) is 30.2 Å². The Kier molecular flexibility index (Phi) is 5.48. The number of ether oxygens (including phenoxy) is 2. The highest BCUT2D eigenvalue weighted by Gasteiger charge is 2.36. The molecule has 0 N–H and O–H groups in total. The molecule has 1 aromatic heterocycles. The van der Waals surface area contributed by atoms with Crippen LogP contribution < -0.4 is 14.4 Å². The second-order valence-electron chi connectivity index (χ2n) is 4.76. The molecule has 8 heteroatoms. The van der Waals surface area contributed by atoms with E-state index < -0.39 is 17.6 Å². The minimum Gasteiger partial charge on any atom is -0.497 e. The lowest BCUT2D eigenvalue weighted by Gasteiger charge is -2.22. The Bertz CT molecular complexity index is 675. The van der Waals surface area contributed by atoms with Crippen LogP contribution in [0.2, 0.25) is 0 Å². The molecule has 5 nitrogen and oxygen atoms in total. The van der Waals surface area contributed by atoms with Crippen LogP contribution in [0.25, 0.3) is 0 Å². The fourth-order valence-corrected chi connectivity index (χ4v) is 2.13. The molecule has 0 bridgehead atoms. The molecule has 1 aromatic carbocycles. The lowest BCUT2D eigenvalue weighted by molar-refractivity contribution is -0.139. The molecule has 2 rings (SSSR count). The smallest absolute Gasteiger partial charge is 0.423 e. The number of alkyl halides is 3. The number of rotatable bonds is 6. The van der Waals surface area contributed by atoms with E-state index in [1.165, 1.54) is 0 Å². The molecule has 0 aliphatic carbocycles. The van der Waals surface area contributed by atoms with Crippen molar-refractivity contribution in [1.82, 2.24) is 9.97 Å². The quantitative estimate of drug-likeness (QED) is 0.793. The zero-order valence-corrected chi connectivity index (χ0v) is 13.6. The summed E-state index contributed by atoms with van der Waals surface area (Å²) >= 11 is 0. The van der Waals surface area contributed by atoms with Gasteiger partial charge in [-0.15, -0.1) is 0 Å². The van der Waals surface area contributed by atoms with Gasteiger partial charge in [0.2, 0.25) is 11.8 Å². The highest BCUT2D eigenvalue weighted by molar-refractivity contribution is 5.58. The number of nitrogens with zero attached hydrogens (tertiary/aromatic N) is 3. The Balaban J connectivity index is 2.42. The zero-order chi connectivity index (χ0) is 17.7. The number of hydrogen-bond acceptors (Lipinski definition) is 5. The van der Waals surface area contributed by atoms with E-state index in [-0.39, 0.29) is 12.6 Å². The van der Waals surface area contributed by atoms with Gasteiger partial charge in [-0.1, -0.05) is 0 Å². The maximum absolute atomic E-state index is 13.0. The average molecular weight is 341 g/mol. The summed E-state index contributed by atoms with van der Waals surface area (Å²) in [6.07, 6.45) is -3.82. The van der Waals surface area contributed by atoms with Crippen LogP contribution in [0.4, 0.5) is 24.8 Å². The third-order valence-electron chi connectivity index (χ3n) is 3.27. The number of benzene rings is 1. The van der Waals surface area contributed by atoms with Crippen molar-refractivity contribution < 1.29 is 22.6 Å². The SMILES string of the molecule is CCOc1nc(N(CC)c2ccc(OC)cc2)ncc1C(F)(F)F. The fourth-order valence-electron chi connectivity index (χ4n) is 2.13. The summed E-state index contributed by atoms with van der Waals surface area (Å²) in [5.41, 5.74) is -0.251. The van der Waals surface area contributed by atoms with Crippen LogP contribution in [0.15, 0.2) is 30.5 Å². The molecule has 2 aromatic rings. The summed E-state index contributed by atoms with van der Waals surface area (Å²) < 4.78 is 49.2. The summed E-state index contributed by atoms with van der Waals surface area (Å²) in [5.74, 6) is 0.347. The minimum absolute atomic E-state index is 0.0776. The van der Waals surface area contributed by atoms with E-state index in [4.69, 9.17) is 9.47 Å². The molecule has 0 atom stereocenters. The second kappa shape index (κ2) is 7.37. The van der Waals surface area contributed by atoms with Crippen molar-refractivity contribution in [2.45, 2.75) is 20.0 Å². The lowest BCUT2D eigenvalue weighted by atomic mass is 10.2. The fraction of sp³-hybridized carbons (Fsp3) is 0.375. The Hall–Kier alpha value is -2.51. The molecular formula is C16H18F3N3O2. The maximum Gasteiger partial charge on any atom is 0.423 e. The van der Waals surface area contributed by atoms with Crippen LogP contribution >= 0.6 is 0 Å². The van der Waals surface area contributed by atoms with Gasteiger partial charge >= 0.3 is 6.18 Å². The van der Waals surface area contributed by atoms with Gasteiger partial charge in [0.25, 0.3) is 0 Å². The molecule has 0 fully saturated rings. The lowest BCUT2D eigenvalue weighted by Crippen LogP contribution is -2.20. The summed E-state index contributed by atoms with van der Waals surface area (Å²) in [7, 11) is 1.56. The molecule has 0 spiro atoms. The van der Waals surface area contributed by atoms with Gasteiger partial charge in [0.15, 0.2) is 0 Å². The highest BCUT2D eigenvalue weighted by atomic mass is 19.4. The van der Waals surface area contributed by atoms with Crippen molar-refractivity contribution >= 4 is 11.6 Å². The first-order valence-electron chi connectivity index (χ1n) is 7.39. The van der Waals surface area contributed by atoms with Crippen molar-refractivity contribution in [3.8, 4) is 11.6 Å². The molecular weight excluding hydrogens is 323 g/mol. The predicted molar refractivity (Wildman–Crippen MR) is 83.9 cm³/mol. The average Bonchev–Trinajstić information content (AvgIpc) is 2.55. The van der Waals surface area contributed by atoms with Crippen molar-refractivity contribution in [2.75, 3.05) is 25.2 Å². The molecule has 0 unspecified atom stereocenters. The third kappa shape index (κ3) is 3.87. The number of hydrogen-bond donors (Lipinski definition) is 0. The highest BCUT2D eigenvalue weighted by Crippen LogP contribution is 2.36. The molecule has 0 amide bonds. The second-order valence-corrected chi connectivity index (χ2v) is 4.76. The Labute approximate surface area is 138 Å². The molecule has 0 aliphatic heterocycles. The van der Waals surface area contributed by atoms with Crippen molar-refractivity contribution in [2.24, 2.45) is 0 Å². The zero-order valence-electron chi connectivity index (χ0n) is 13.6. The minimum atomic E-state index is -4.57. The summed E-state index contributed by atoms with van der Waals surface area (Å²) in [4.78, 5) is 9.50. The van der Waals surface area contributed by atoms with E-state index in [0.717, 1.165) is 11.9 Å². The first-order valence-corrected chi connectivity index (χ1v) is 7.39. The molecule has 0 aliphatic rings. The Morgan fingerprint density at radius 3 is 2.29 bits per heavy atom. The first-order chi connectivity index (χ1) is 11.4. The molecule has 0 saturated heterocycles. The number of methoxy groups -OCH3 is 1. The number of anilines is 2. The first kappa shape index (κ1) is 17.8. The predicted octanol–water partition coefficient (Wildman–Crippen LogP) is 4.06. The summed E-state index contributed by atoms with van der Waals surface area (Å²) in [6.45, 7) is 4.01. The summed E-state index contributed by atoms with van der Waals surface area (Å²) in [5, 5.41) is 0. The van der Waals surface area contributed by atoms with E-state index in [2.05, 4.69) is 9.97 Å². The maximum atomic E-state index is 13.0. The number of aromatic nitrogens is 2. The van der Waals surface area contributed by atoms with E-state index >= 15 is 0 Å². The molecule has 130 valence electrons. The number of halogens is 3. The van der Waals surface area contributed by atoms with Crippen molar-refractivity contribution in [3.63, 3.8) is 0 Å². The van der Waals surface area contributed by atoms with Crippen molar-refractivity contribution in [1.29, 1.82) is 0 Å². The van der Waals surface area contributed by atoms with Crippen LogP contribution in [0.3, 0.4) is 0 Å². The molecule has 0 saturated carbocycles. The van der Waals surface area contributed by atoms with Crippen LogP contribution in [0, 0.1) is 0 Å². The topological polar surface area (TPSA) is 47.5 Å². The van der Waals surface area contributed by atoms with Crippen molar-refractivity contribution in [3.05, 3.63) is 36.0 Å². The third-order valence-corrected chi connectivity index (χ3v) is 3.27. The van der Waals surface area contributed by atoms with Crippen LogP contribution in [0.5, 0.6) is 11.6 Å². The van der Waals surface area contributed by atoms with Gasteiger partial charge in [-0.2, -0.15) is 18.2 Å². The van der Waals surface area contributed by atoms with Gasteiger partial charge in [0.1, 0.15) is 11.3 Å². The van der Waals surface area contributed by atoms with Crippen LogP contribution in [-0.2, 0) is 6.18 Å². The summed E-state index contributed by atoms with van der Waals surface area (Å²) in [6, 6.07) is 7.07. The van der Waals surface area contributed by atoms with Gasteiger partial charge < -0.3 is 14.4 Å². The standard InChI is InChI=1S/C16H18F3N3O2/c1-4-22(11-6-8-12(23-3)9-7-11)15-20-10-13(16(17,18)19)14(21-15)24-5-2/h6-10H,4-5H2,1-3H3. The largest absolute Gasteiger partial charge is 0.497 e. The van der Waals surface area contributed by atoms with E-state index in [1.807, 2.05) is 6.92 Å². The van der Waals surface area contributed by atoms with E-state index in [0.29, 0.717) is 12.3 Å². The molecule has 1 heterocycles.